The Morgan fingerprint density at radius 1 is 1.00 bits per heavy atom. The van der Waals surface area contributed by atoms with Gasteiger partial charge in [-0.3, -0.25) is 9.11 Å². The van der Waals surface area contributed by atoms with Crippen LogP contribution >= 0.6 is 0 Å². The largest absolute Gasteiger partial charge is 0.508 e. The highest BCUT2D eigenvalue weighted by Crippen LogP contribution is 2.27. The Kier molecular flexibility index (Phi) is 11.7. The molecule has 0 heterocycles. The summed E-state index contributed by atoms with van der Waals surface area (Å²) in [6.45, 7) is 3.98. The molecule has 0 radical (unpaired) electrons. The van der Waals surface area contributed by atoms with E-state index in [4.69, 9.17) is 17.5 Å². The highest BCUT2D eigenvalue weighted by Gasteiger charge is 2.11. The molecule has 1 unspecified atom stereocenters. The van der Waals surface area contributed by atoms with Gasteiger partial charge in [0, 0.05) is 0 Å². The number of rotatable bonds is 9. The molecule has 140 valence electrons. The van der Waals surface area contributed by atoms with Crippen molar-refractivity contribution >= 4 is 10.4 Å². The molecule has 0 aliphatic carbocycles. The Balaban J connectivity index is 0.000000922. The van der Waals surface area contributed by atoms with E-state index in [9.17, 15) is 10.2 Å². The molecule has 4 N–H and O–H groups in total. The topological polar surface area (TPSA) is 115 Å². The number of hydrogen-bond donors (Lipinski definition) is 4. The van der Waals surface area contributed by atoms with E-state index in [2.05, 4.69) is 6.92 Å². The summed E-state index contributed by atoms with van der Waals surface area (Å²) in [5.74, 6) is 0.324. The van der Waals surface area contributed by atoms with Crippen LogP contribution in [0.5, 0.6) is 5.75 Å². The van der Waals surface area contributed by atoms with Crippen molar-refractivity contribution in [3.63, 3.8) is 0 Å². The molecule has 1 rings (SSSR count). The van der Waals surface area contributed by atoms with Gasteiger partial charge in [0.25, 0.3) is 0 Å². The number of phenols is 1. The van der Waals surface area contributed by atoms with Gasteiger partial charge in [-0.15, -0.1) is 0 Å². The highest BCUT2D eigenvalue weighted by molar-refractivity contribution is 7.79. The van der Waals surface area contributed by atoms with Crippen LogP contribution in [0, 0.1) is 0 Å². The molecule has 0 amide bonds. The summed E-state index contributed by atoms with van der Waals surface area (Å²) in [7, 11) is -4.67. The van der Waals surface area contributed by atoms with E-state index in [1.54, 1.807) is 19.1 Å². The number of hydrogen-bond acceptors (Lipinski definition) is 4. The third-order valence-corrected chi connectivity index (χ3v) is 3.67. The van der Waals surface area contributed by atoms with Crippen molar-refractivity contribution in [2.75, 3.05) is 0 Å². The SMILES string of the molecule is CCCCCCCCCc1c(O)cccc1C(C)O.O=S(=O)(O)O. The molecule has 0 aliphatic heterocycles. The van der Waals surface area contributed by atoms with Crippen molar-refractivity contribution in [1.29, 1.82) is 0 Å². The maximum atomic E-state index is 9.90. The van der Waals surface area contributed by atoms with Crippen molar-refractivity contribution in [3.05, 3.63) is 29.3 Å². The summed E-state index contributed by atoms with van der Waals surface area (Å²) in [6.07, 6.45) is 9.20. The van der Waals surface area contributed by atoms with Crippen molar-refractivity contribution in [2.24, 2.45) is 0 Å². The van der Waals surface area contributed by atoms with Crippen LogP contribution in [0.4, 0.5) is 0 Å². The minimum absolute atomic E-state index is 0.324. The van der Waals surface area contributed by atoms with Crippen molar-refractivity contribution in [3.8, 4) is 5.75 Å². The minimum atomic E-state index is -4.67. The summed E-state index contributed by atoms with van der Waals surface area (Å²) >= 11 is 0. The fourth-order valence-electron chi connectivity index (χ4n) is 2.51. The van der Waals surface area contributed by atoms with Crippen LogP contribution in [-0.2, 0) is 16.8 Å². The second kappa shape index (κ2) is 12.2. The average molecular weight is 362 g/mol. The normalized spacial score (nSPS) is 12.4. The maximum absolute atomic E-state index is 9.90. The highest BCUT2D eigenvalue weighted by atomic mass is 32.3. The van der Waals surface area contributed by atoms with Gasteiger partial charge in [-0.1, -0.05) is 57.6 Å². The van der Waals surface area contributed by atoms with Gasteiger partial charge in [-0.05, 0) is 37.0 Å². The molecule has 7 heteroatoms. The Labute approximate surface area is 145 Å². The molecule has 0 bridgehead atoms. The minimum Gasteiger partial charge on any atom is -0.508 e. The van der Waals surface area contributed by atoms with Crippen molar-refractivity contribution < 1.29 is 27.7 Å². The Bertz CT molecular complexity index is 546. The summed E-state index contributed by atoms with van der Waals surface area (Å²) in [4.78, 5) is 0. The van der Waals surface area contributed by atoms with Crippen LogP contribution in [0.2, 0.25) is 0 Å². The van der Waals surface area contributed by atoms with E-state index in [0.717, 1.165) is 24.0 Å². The summed E-state index contributed by atoms with van der Waals surface area (Å²) in [5, 5.41) is 19.6. The molecule has 0 saturated heterocycles. The number of benzene rings is 1. The van der Waals surface area contributed by atoms with E-state index in [1.807, 2.05) is 6.07 Å². The number of aromatic hydroxyl groups is 1. The second-order valence-corrected chi connectivity index (χ2v) is 6.74. The molecule has 0 saturated carbocycles. The first-order chi connectivity index (χ1) is 11.2. The van der Waals surface area contributed by atoms with Crippen LogP contribution in [-0.4, -0.2) is 27.7 Å². The molecule has 0 fully saturated rings. The predicted molar refractivity (Wildman–Crippen MR) is 94.6 cm³/mol. The lowest BCUT2D eigenvalue weighted by molar-refractivity contribution is 0.197. The Morgan fingerprint density at radius 3 is 2.00 bits per heavy atom. The van der Waals surface area contributed by atoms with Gasteiger partial charge in [0.05, 0.1) is 6.10 Å². The molecule has 0 aromatic heterocycles. The number of phenolic OH excluding ortho intramolecular Hbond substituents is 1. The van der Waals surface area contributed by atoms with Crippen LogP contribution in [0.1, 0.15) is 76.0 Å². The fourth-order valence-corrected chi connectivity index (χ4v) is 2.51. The van der Waals surface area contributed by atoms with Crippen LogP contribution < -0.4 is 0 Å². The molecule has 6 nitrogen and oxygen atoms in total. The molecule has 1 aromatic carbocycles. The quantitative estimate of drug-likeness (QED) is 0.388. The van der Waals surface area contributed by atoms with Gasteiger partial charge in [-0.2, -0.15) is 8.42 Å². The lowest BCUT2D eigenvalue weighted by Gasteiger charge is -2.13. The molecule has 1 atom stereocenters. The smallest absolute Gasteiger partial charge is 0.394 e. The third kappa shape index (κ3) is 12.3. The average Bonchev–Trinajstić information content (AvgIpc) is 2.45. The fraction of sp³-hybridized carbons (Fsp3) is 0.647. The zero-order valence-corrected chi connectivity index (χ0v) is 15.3. The van der Waals surface area contributed by atoms with Crippen LogP contribution in [0.3, 0.4) is 0 Å². The van der Waals surface area contributed by atoms with Crippen molar-refractivity contribution in [2.45, 2.75) is 71.3 Å². The Morgan fingerprint density at radius 2 is 1.50 bits per heavy atom. The predicted octanol–water partition coefficient (Wildman–Crippen LogP) is 4.09. The van der Waals surface area contributed by atoms with Gasteiger partial charge in [0.1, 0.15) is 5.75 Å². The van der Waals surface area contributed by atoms with Gasteiger partial charge in [-0.25, -0.2) is 0 Å². The molecular formula is C17H30O6S. The van der Waals surface area contributed by atoms with Gasteiger partial charge >= 0.3 is 10.4 Å². The monoisotopic (exact) mass is 362 g/mol. The molecule has 0 aliphatic rings. The lowest BCUT2D eigenvalue weighted by Crippen LogP contribution is -1.99. The lowest BCUT2D eigenvalue weighted by atomic mass is 9.97. The van der Waals surface area contributed by atoms with E-state index in [1.165, 1.54) is 38.5 Å². The summed E-state index contributed by atoms with van der Waals surface area (Å²) in [5.41, 5.74) is 1.79. The number of aliphatic hydroxyl groups excluding tert-OH is 1. The second-order valence-electron chi connectivity index (χ2n) is 5.84. The zero-order chi connectivity index (χ0) is 18.6. The van der Waals surface area contributed by atoms with E-state index < -0.39 is 16.5 Å². The maximum Gasteiger partial charge on any atom is 0.394 e. The Hall–Kier alpha value is -1.15. The first-order valence-corrected chi connectivity index (χ1v) is 9.75. The number of unbranched alkanes of at least 4 members (excludes halogenated alkanes) is 6. The van der Waals surface area contributed by atoms with E-state index >= 15 is 0 Å². The first kappa shape index (κ1) is 22.9. The van der Waals surface area contributed by atoms with Crippen LogP contribution in [0.15, 0.2) is 18.2 Å². The summed E-state index contributed by atoms with van der Waals surface area (Å²) < 4.78 is 31.6. The van der Waals surface area contributed by atoms with Gasteiger partial charge in [0.2, 0.25) is 0 Å². The molecular weight excluding hydrogens is 332 g/mol. The first-order valence-electron chi connectivity index (χ1n) is 8.35. The summed E-state index contributed by atoms with van der Waals surface area (Å²) in [6, 6.07) is 5.41. The van der Waals surface area contributed by atoms with Crippen LogP contribution in [0.25, 0.3) is 0 Å². The number of aliphatic hydroxyl groups is 1. The standard InChI is InChI=1S/C17H28O2.H2O4S/c1-3-4-5-6-7-8-9-11-16-15(14(2)18)12-10-13-17(16)19;1-5(2,3)4/h10,12-14,18-19H,3-9,11H2,1-2H3;(H2,1,2,3,4). The van der Waals surface area contributed by atoms with E-state index in [-0.39, 0.29) is 0 Å². The van der Waals surface area contributed by atoms with Crippen molar-refractivity contribution in [1.82, 2.24) is 0 Å². The molecule has 1 aromatic rings. The third-order valence-electron chi connectivity index (χ3n) is 3.67. The molecule has 0 spiro atoms. The molecule has 24 heavy (non-hydrogen) atoms. The van der Waals surface area contributed by atoms with Gasteiger partial charge in [0.15, 0.2) is 0 Å². The van der Waals surface area contributed by atoms with E-state index in [0.29, 0.717) is 5.75 Å². The zero-order valence-electron chi connectivity index (χ0n) is 14.5. The van der Waals surface area contributed by atoms with Gasteiger partial charge < -0.3 is 10.2 Å².